The monoisotopic (exact) mass is 313 g/mol. The van der Waals surface area contributed by atoms with Crippen molar-refractivity contribution in [3.05, 3.63) is 30.6 Å². The van der Waals surface area contributed by atoms with Crippen LogP contribution in [0.1, 0.15) is 31.5 Å². The van der Waals surface area contributed by atoms with Gasteiger partial charge in [-0.15, -0.1) is 0 Å². The van der Waals surface area contributed by atoms with Crippen molar-refractivity contribution in [3.8, 4) is 11.5 Å². The predicted octanol–water partition coefficient (Wildman–Crippen LogP) is 2.53. The van der Waals surface area contributed by atoms with E-state index in [1.807, 2.05) is 0 Å². The van der Waals surface area contributed by atoms with Crippen LogP contribution in [0.2, 0.25) is 0 Å². The van der Waals surface area contributed by atoms with Crippen molar-refractivity contribution in [1.82, 2.24) is 24.7 Å². The molecule has 0 atom stereocenters. The van der Waals surface area contributed by atoms with Crippen molar-refractivity contribution >= 4 is 5.52 Å². The summed E-state index contributed by atoms with van der Waals surface area (Å²) in [7, 11) is 1.76. The zero-order valence-electron chi connectivity index (χ0n) is 13.1. The van der Waals surface area contributed by atoms with Gasteiger partial charge in [0.1, 0.15) is 0 Å². The summed E-state index contributed by atoms with van der Waals surface area (Å²) in [5.74, 6) is 1.23. The zero-order chi connectivity index (χ0) is 15.7. The molecule has 1 aliphatic rings. The van der Waals surface area contributed by atoms with Crippen LogP contribution in [0.15, 0.2) is 29.3 Å². The van der Waals surface area contributed by atoms with E-state index >= 15 is 0 Å². The molecule has 0 radical (unpaired) electrons. The summed E-state index contributed by atoms with van der Waals surface area (Å²) in [4.78, 5) is 8.71. The number of hydrogen-bond donors (Lipinski definition) is 0. The number of fused-ring (bicyclic) bond motifs is 1. The Morgan fingerprint density at radius 2 is 2.17 bits per heavy atom. The Hall–Kier alpha value is -2.28. The van der Waals surface area contributed by atoms with Gasteiger partial charge in [0.25, 0.3) is 5.89 Å². The summed E-state index contributed by atoms with van der Waals surface area (Å²) < 4.78 is 12.6. The van der Waals surface area contributed by atoms with Gasteiger partial charge in [-0.1, -0.05) is 18.0 Å². The third kappa shape index (κ3) is 2.61. The standard InChI is InChI=1S/C16H19N5O2/c1-22-11-16(4-2-3-5-16)8-14-19-15(23-20-14)12-9-18-21-7-6-17-10-13(12)21/h6-7,9-10H,2-5,8,11H2,1H3. The Kier molecular flexibility index (Phi) is 3.57. The highest BCUT2D eigenvalue weighted by molar-refractivity contribution is 5.73. The van der Waals surface area contributed by atoms with Crippen molar-refractivity contribution < 1.29 is 9.26 Å². The van der Waals surface area contributed by atoms with E-state index in [0.29, 0.717) is 5.89 Å². The van der Waals surface area contributed by atoms with Gasteiger partial charge < -0.3 is 9.26 Å². The average Bonchev–Trinajstić information content (AvgIpc) is 3.27. The van der Waals surface area contributed by atoms with E-state index in [1.165, 1.54) is 12.8 Å². The van der Waals surface area contributed by atoms with Crippen LogP contribution in [-0.2, 0) is 11.2 Å². The lowest BCUT2D eigenvalue weighted by Gasteiger charge is -2.26. The van der Waals surface area contributed by atoms with Gasteiger partial charge in [-0.25, -0.2) is 4.52 Å². The Morgan fingerprint density at radius 3 is 3.00 bits per heavy atom. The molecule has 0 saturated heterocycles. The van der Waals surface area contributed by atoms with Crippen LogP contribution in [0.4, 0.5) is 0 Å². The zero-order valence-corrected chi connectivity index (χ0v) is 13.1. The van der Waals surface area contributed by atoms with Gasteiger partial charge in [0.15, 0.2) is 5.82 Å². The van der Waals surface area contributed by atoms with E-state index in [-0.39, 0.29) is 5.41 Å². The molecule has 3 aromatic rings. The lowest BCUT2D eigenvalue weighted by Crippen LogP contribution is -2.26. The van der Waals surface area contributed by atoms with E-state index in [1.54, 1.807) is 36.4 Å². The Labute approximate surface area is 133 Å². The van der Waals surface area contributed by atoms with Crippen molar-refractivity contribution in [1.29, 1.82) is 0 Å². The maximum Gasteiger partial charge on any atom is 0.261 e. The molecule has 0 amide bonds. The Morgan fingerprint density at radius 1 is 1.30 bits per heavy atom. The highest BCUT2D eigenvalue weighted by Crippen LogP contribution is 2.41. The minimum absolute atomic E-state index is 0.151. The van der Waals surface area contributed by atoms with Crippen molar-refractivity contribution in [3.63, 3.8) is 0 Å². The van der Waals surface area contributed by atoms with Gasteiger partial charge in [-0.2, -0.15) is 10.1 Å². The van der Waals surface area contributed by atoms with Gasteiger partial charge in [-0.05, 0) is 12.8 Å². The van der Waals surface area contributed by atoms with Crippen LogP contribution in [-0.4, -0.2) is 38.5 Å². The van der Waals surface area contributed by atoms with Crippen LogP contribution in [0.25, 0.3) is 17.0 Å². The molecular formula is C16H19N5O2. The molecule has 1 aliphatic carbocycles. The Balaban J connectivity index is 1.61. The second-order valence-corrected chi connectivity index (χ2v) is 6.30. The molecule has 0 bridgehead atoms. The molecular weight excluding hydrogens is 294 g/mol. The van der Waals surface area contributed by atoms with Gasteiger partial charge in [0.2, 0.25) is 0 Å². The first kappa shape index (κ1) is 14.3. The van der Waals surface area contributed by atoms with E-state index in [9.17, 15) is 0 Å². The molecule has 23 heavy (non-hydrogen) atoms. The second-order valence-electron chi connectivity index (χ2n) is 6.30. The van der Waals surface area contributed by atoms with Crippen LogP contribution in [0.3, 0.4) is 0 Å². The molecule has 0 unspecified atom stereocenters. The van der Waals surface area contributed by atoms with Crippen LogP contribution in [0, 0.1) is 5.41 Å². The van der Waals surface area contributed by atoms with Crippen LogP contribution in [0.5, 0.6) is 0 Å². The number of methoxy groups -OCH3 is 1. The lowest BCUT2D eigenvalue weighted by atomic mass is 9.83. The van der Waals surface area contributed by atoms with Gasteiger partial charge in [-0.3, -0.25) is 4.98 Å². The quantitative estimate of drug-likeness (QED) is 0.720. The summed E-state index contributed by atoms with van der Waals surface area (Å²) >= 11 is 0. The Bertz CT molecular complexity index is 804. The number of hydrogen-bond acceptors (Lipinski definition) is 6. The molecule has 0 spiro atoms. The summed E-state index contributed by atoms with van der Waals surface area (Å²) in [6, 6.07) is 0. The molecule has 3 heterocycles. The molecule has 120 valence electrons. The highest BCUT2D eigenvalue weighted by atomic mass is 16.5. The maximum absolute atomic E-state index is 5.47. The van der Waals surface area contributed by atoms with Gasteiger partial charge in [0, 0.05) is 31.3 Å². The molecule has 7 nitrogen and oxygen atoms in total. The first-order valence-electron chi connectivity index (χ1n) is 7.89. The SMILES string of the molecule is COCC1(Cc2noc(-c3cnn4ccncc34)n2)CCCC1. The molecule has 0 N–H and O–H groups in total. The summed E-state index contributed by atoms with van der Waals surface area (Å²) in [6.07, 6.45) is 12.6. The second kappa shape index (κ2) is 5.73. The van der Waals surface area contributed by atoms with Crippen LogP contribution < -0.4 is 0 Å². The van der Waals surface area contributed by atoms with E-state index in [0.717, 1.165) is 42.8 Å². The van der Waals surface area contributed by atoms with Crippen molar-refractivity contribution in [2.45, 2.75) is 32.1 Å². The first-order chi connectivity index (χ1) is 11.3. The van der Waals surface area contributed by atoms with Crippen LogP contribution >= 0.6 is 0 Å². The number of rotatable bonds is 5. The summed E-state index contributed by atoms with van der Waals surface area (Å²) in [6.45, 7) is 0.748. The predicted molar refractivity (Wildman–Crippen MR) is 82.8 cm³/mol. The number of nitrogens with zero attached hydrogens (tertiary/aromatic N) is 5. The minimum Gasteiger partial charge on any atom is -0.384 e. The molecule has 7 heteroatoms. The fourth-order valence-electron chi connectivity index (χ4n) is 3.57. The normalized spacial score (nSPS) is 17.1. The summed E-state index contributed by atoms with van der Waals surface area (Å²) in [5, 5.41) is 8.45. The molecule has 0 aromatic carbocycles. The summed E-state index contributed by atoms with van der Waals surface area (Å²) in [5.41, 5.74) is 1.82. The molecule has 3 aromatic heterocycles. The molecule has 1 saturated carbocycles. The average molecular weight is 313 g/mol. The van der Waals surface area contributed by atoms with E-state index in [4.69, 9.17) is 9.26 Å². The van der Waals surface area contributed by atoms with Gasteiger partial charge in [0.05, 0.1) is 30.1 Å². The minimum atomic E-state index is 0.151. The van der Waals surface area contributed by atoms with E-state index < -0.39 is 0 Å². The largest absolute Gasteiger partial charge is 0.384 e. The fraction of sp³-hybridized carbons (Fsp3) is 0.500. The van der Waals surface area contributed by atoms with Gasteiger partial charge >= 0.3 is 0 Å². The number of ether oxygens (including phenoxy) is 1. The third-order valence-electron chi connectivity index (χ3n) is 4.67. The van der Waals surface area contributed by atoms with Crippen molar-refractivity contribution in [2.24, 2.45) is 5.41 Å². The molecule has 1 fully saturated rings. The third-order valence-corrected chi connectivity index (χ3v) is 4.67. The highest BCUT2D eigenvalue weighted by Gasteiger charge is 2.35. The van der Waals surface area contributed by atoms with Crippen molar-refractivity contribution in [2.75, 3.05) is 13.7 Å². The fourth-order valence-corrected chi connectivity index (χ4v) is 3.57. The smallest absolute Gasteiger partial charge is 0.261 e. The molecule has 0 aliphatic heterocycles. The maximum atomic E-state index is 5.47. The number of aromatic nitrogens is 5. The lowest BCUT2D eigenvalue weighted by molar-refractivity contribution is 0.0815. The topological polar surface area (TPSA) is 78.3 Å². The molecule has 4 rings (SSSR count). The first-order valence-corrected chi connectivity index (χ1v) is 7.89. The van der Waals surface area contributed by atoms with E-state index in [2.05, 4.69) is 20.2 Å².